The van der Waals surface area contributed by atoms with Gasteiger partial charge in [0.15, 0.2) is 0 Å². The van der Waals surface area contributed by atoms with E-state index in [-0.39, 0.29) is 5.91 Å². The molecule has 0 spiro atoms. The van der Waals surface area contributed by atoms with Gasteiger partial charge in [-0.1, -0.05) is 48.5 Å². The largest absolute Gasteiger partial charge is 0.310 e. The minimum absolute atomic E-state index is 0.0960. The lowest BCUT2D eigenvalue weighted by Crippen LogP contribution is -2.26. The first-order valence-electron chi connectivity index (χ1n) is 6.59. The zero-order valence-electron chi connectivity index (χ0n) is 11.6. The van der Waals surface area contributed by atoms with Gasteiger partial charge in [0.25, 0.3) is 5.91 Å². The van der Waals surface area contributed by atoms with E-state index in [1.54, 1.807) is 17.5 Å². The Morgan fingerprint density at radius 2 is 1.62 bits per heavy atom. The van der Waals surface area contributed by atoms with E-state index in [0.29, 0.717) is 5.69 Å². The second-order valence-electron chi connectivity index (χ2n) is 4.60. The molecule has 0 fully saturated rings. The quantitative estimate of drug-likeness (QED) is 0.729. The number of aromatic nitrogens is 1. The van der Waals surface area contributed by atoms with Crippen LogP contribution in [0, 0.1) is 0 Å². The van der Waals surface area contributed by atoms with Crippen molar-refractivity contribution in [2.24, 2.45) is 0 Å². The Morgan fingerprint density at radius 3 is 2.29 bits per heavy atom. The fraction of sp³-hybridized carbons (Fsp3) is 0.0588. The Kier molecular flexibility index (Phi) is 3.79. The summed E-state index contributed by atoms with van der Waals surface area (Å²) in [5.41, 5.74) is 4.09. The number of amides is 1. The zero-order valence-corrected chi connectivity index (χ0v) is 12.4. The number of carbonyl (C=O) groups excluding carboxylic acids is 1. The highest BCUT2D eigenvalue weighted by Gasteiger charge is 2.20. The molecule has 21 heavy (non-hydrogen) atoms. The van der Waals surface area contributed by atoms with Crippen molar-refractivity contribution in [1.29, 1.82) is 0 Å². The first kappa shape index (κ1) is 13.5. The first-order chi connectivity index (χ1) is 10.3. The van der Waals surface area contributed by atoms with Gasteiger partial charge in [-0.2, -0.15) is 0 Å². The highest BCUT2D eigenvalue weighted by molar-refractivity contribution is 7.13. The Labute approximate surface area is 127 Å². The normalized spacial score (nSPS) is 10.3. The third kappa shape index (κ3) is 2.71. The summed E-state index contributed by atoms with van der Waals surface area (Å²) in [6, 6.07) is 19.5. The van der Waals surface area contributed by atoms with Crippen LogP contribution >= 0.6 is 11.3 Å². The summed E-state index contributed by atoms with van der Waals surface area (Å²) < 4.78 is 0. The van der Waals surface area contributed by atoms with Gasteiger partial charge >= 0.3 is 0 Å². The van der Waals surface area contributed by atoms with E-state index in [2.05, 4.69) is 4.98 Å². The van der Waals surface area contributed by atoms with Gasteiger partial charge in [0.05, 0.1) is 10.4 Å². The third-order valence-corrected chi connectivity index (χ3v) is 4.13. The fourth-order valence-corrected chi connectivity index (χ4v) is 2.91. The summed E-state index contributed by atoms with van der Waals surface area (Å²) in [5, 5.41) is 0. The Hall–Kier alpha value is -2.46. The number of hydrogen-bond acceptors (Lipinski definition) is 3. The van der Waals surface area contributed by atoms with Crippen LogP contribution in [-0.2, 0) is 0 Å². The van der Waals surface area contributed by atoms with E-state index in [1.807, 2.05) is 60.7 Å². The molecule has 0 unspecified atom stereocenters. The maximum absolute atomic E-state index is 12.7. The number of anilines is 1. The maximum Gasteiger partial charge on any atom is 0.278 e. The molecule has 104 valence electrons. The average molecular weight is 294 g/mol. The maximum atomic E-state index is 12.7. The summed E-state index contributed by atoms with van der Waals surface area (Å²) in [7, 11) is 1.77. The Morgan fingerprint density at radius 1 is 1.00 bits per heavy atom. The van der Waals surface area contributed by atoms with Gasteiger partial charge in [0.2, 0.25) is 0 Å². The number of hydrogen-bond donors (Lipinski definition) is 0. The molecule has 0 bridgehead atoms. The molecule has 3 aromatic rings. The van der Waals surface area contributed by atoms with E-state index in [9.17, 15) is 4.79 Å². The molecule has 0 atom stereocenters. The van der Waals surface area contributed by atoms with Crippen LogP contribution in [0.25, 0.3) is 10.4 Å². The minimum atomic E-state index is -0.0960. The van der Waals surface area contributed by atoms with Crippen molar-refractivity contribution in [3.8, 4) is 10.4 Å². The molecule has 0 aliphatic heterocycles. The lowest BCUT2D eigenvalue weighted by molar-refractivity contribution is 0.0989. The highest BCUT2D eigenvalue weighted by atomic mass is 32.1. The van der Waals surface area contributed by atoms with Crippen molar-refractivity contribution in [2.45, 2.75) is 0 Å². The fourth-order valence-electron chi connectivity index (χ4n) is 2.12. The number of nitrogens with zero attached hydrogens (tertiary/aromatic N) is 2. The van der Waals surface area contributed by atoms with Crippen LogP contribution in [0.5, 0.6) is 0 Å². The Balaban J connectivity index is 1.95. The molecule has 2 aromatic carbocycles. The molecule has 0 aliphatic carbocycles. The summed E-state index contributed by atoms with van der Waals surface area (Å²) in [4.78, 5) is 19.5. The molecule has 3 rings (SSSR count). The number of thiazole rings is 1. The van der Waals surface area contributed by atoms with Gasteiger partial charge in [0.1, 0.15) is 5.69 Å². The molecule has 0 N–H and O–H groups in total. The molecule has 0 radical (unpaired) electrons. The van der Waals surface area contributed by atoms with Gasteiger partial charge in [-0.15, -0.1) is 11.3 Å². The van der Waals surface area contributed by atoms with Gasteiger partial charge in [-0.05, 0) is 17.7 Å². The van der Waals surface area contributed by atoms with Crippen LogP contribution in [0.3, 0.4) is 0 Å². The molecular formula is C17H14N2OS. The van der Waals surface area contributed by atoms with Crippen LogP contribution in [-0.4, -0.2) is 17.9 Å². The van der Waals surface area contributed by atoms with Gasteiger partial charge in [-0.25, -0.2) is 4.98 Å². The molecule has 3 nitrogen and oxygen atoms in total. The topological polar surface area (TPSA) is 33.2 Å². The molecule has 4 heteroatoms. The van der Waals surface area contributed by atoms with E-state index in [1.165, 1.54) is 11.3 Å². The van der Waals surface area contributed by atoms with Gasteiger partial charge in [0, 0.05) is 12.7 Å². The second kappa shape index (κ2) is 5.89. The number of carbonyl (C=O) groups is 1. The van der Waals surface area contributed by atoms with E-state index in [0.717, 1.165) is 16.1 Å². The van der Waals surface area contributed by atoms with Crippen molar-refractivity contribution in [1.82, 2.24) is 4.98 Å². The van der Waals surface area contributed by atoms with Crippen molar-refractivity contribution >= 4 is 22.9 Å². The van der Waals surface area contributed by atoms with Crippen molar-refractivity contribution in [3.63, 3.8) is 0 Å². The molecule has 1 amide bonds. The van der Waals surface area contributed by atoms with Crippen LogP contribution in [0.15, 0.2) is 66.2 Å². The summed E-state index contributed by atoms with van der Waals surface area (Å²) in [6.07, 6.45) is 0. The summed E-state index contributed by atoms with van der Waals surface area (Å²) in [5.74, 6) is -0.0960. The third-order valence-electron chi connectivity index (χ3n) is 3.25. The predicted octanol–water partition coefficient (Wildman–Crippen LogP) is 4.09. The predicted molar refractivity (Wildman–Crippen MR) is 86.7 cm³/mol. The average Bonchev–Trinajstić information content (AvgIpc) is 3.04. The van der Waals surface area contributed by atoms with Crippen LogP contribution < -0.4 is 4.90 Å². The minimum Gasteiger partial charge on any atom is -0.310 e. The van der Waals surface area contributed by atoms with Crippen molar-refractivity contribution < 1.29 is 4.79 Å². The lowest BCUT2D eigenvalue weighted by Gasteiger charge is -2.16. The first-order valence-corrected chi connectivity index (χ1v) is 7.47. The lowest BCUT2D eigenvalue weighted by atomic mass is 10.1. The van der Waals surface area contributed by atoms with E-state index < -0.39 is 0 Å². The van der Waals surface area contributed by atoms with Crippen LogP contribution in [0.4, 0.5) is 5.69 Å². The Bertz CT molecular complexity index is 738. The number of rotatable bonds is 3. The number of benzene rings is 2. The monoisotopic (exact) mass is 294 g/mol. The standard InChI is InChI=1S/C17H14N2OS/c1-19(14-10-6-3-7-11-14)17(20)15-16(21-12-18-15)13-8-4-2-5-9-13/h2-12H,1H3. The van der Waals surface area contributed by atoms with E-state index in [4.69, 9.17) is 0 Å². The smallest absolute Gasteiger partial charge is 0.278 e. The van der Waals surface area contributed by atoms with Crippen LogP contribution in [0.2, 0.25) is 0 Å². The van der Waals surface area contributed by atoms with Gasteiger partial charge < -0.3 is 4.90 Å². The molecule has 0 saturated carbocycles. The second-order valence-corrected chi connectivity index (χ2v) is 5.45. The SMILES string of the molecule is CN(C(=O)c1ncsc1-c1ccccc1)c1ccccc1. The van der Waals surface area contributed by atoms with Crippen molar-refractivity contribution in [2.75, 3.05) is 11.9 Å². The van der Waals surface area contributed by atoms with Gasteiger partial charge in [-0.3, -0.25) is 4.79 Å². The van der Waals surface area contributed by atoms with Crippen molar-refractivity contribution in [3.05, 3.63) is 71.9 Å². The molecule has 1 aromatic heterocycles. The zero-order chi connectivity index (χ0) is 14.7. The molecule has 0 saturated heterocycles. The summed E-state index contributed by atoms with van der Waals surface area (Å²) >= 11 is 1.48. The van der Waals surface area contributed by atoms with Crippen LogP contribution in [0.1, 0.15) is 10.5 Å². The number of para-hydroxylation sites is 1. The van der Waals surface area contributed by atoms with E-state index >= 15 is 0 Å². The molecule has 0 aliphatic rings. The highest BCUT2D eigenvalue weighted by Crippen LogP contribution is 2.29. The summed E-state index contributed by atoms with van der Waals surface area (Å²) in [6.45, 7) is 0. The molecular weight excluding hydrogens is 280 g/mol. The molecule has 1 heterocycles.